The van der Waals surface area contributed by atoms with Gasteiger partial charge in [-0.1, -0.05) is 30.3 Å². The summed E-state index contributed by atoms with van der Waals surface area (Å²) >= 11 is 0. The van der Waals surface area contributed by atoms with Crippen molar-refractivity contribution in [1.82, 2.24) is 20.1 Å². The van der Waals surface area contributed by atoms with E-state index in [4.69, 9.17) is 0 Å². The second-order valence-corrected chi connectivity index (χ2v) is 7.02. The van der Waals surface area contributed by atoms with Gasteiger partial charge in [0.1, 0.15) is 11.8 Å². The Bertz CT molecular complexity index is 1220. The number of H-pyrrole nitrogens is 1. The average molecular weight is 431 g/mol. The molecule has 1 atom stereocenters. The van der Waals surface area contributed by atoms with E-state index >= 15 is 0 Å². The van der Waals surface area contributed by atoms with Gasteiger partial charge < -0.3 is 25.4 Å². The molecule has 0 saturated carbocycles. The van der Waals surface area contributed by atoms with Crippen LogP contribution in [0.5, 0.6) is 5.75 Å². The quantitative estimate of drug-likeness (QED) is 0.306. The molecule has 0 spiro atoms. The lowest BCUT2D eigenvalue weighted by atomic mass is 10.1. The van der Waals surface area contributed by atoms with Crippen molar-refractivity contribution in [3.63, 3.8) is 0 Å². The second-order valence-electron chi connectivity index (χ2n) is 7.02. The van der Waals surface area contributed by atoms with Crippen molar-refractivity contribution in [2.75, 3.05) is 11.9 Å². The monoisotopic (exact) mass is 431 g/mol. The minimum Gasteiger partial charge on any atom is -0.507 e. The molecule has 2 heterocycles. The number of carbonyl (C=O) groups is 2. The molecule has 2 amide bonds. The van der Waals surface area contributed by atoms with E-state index in [1.54, 1.807) is 29.1 Å². The molecule has 5 N–H and O–H groups in total. The van der Waals surface area contributed by atoms with E-state index in [-0.39, 0.29) is 17.1 Å². The molecule has 4 aromatic rings. The van der Waals surface area contributed by atoms with Gasteiger partial charge in [0.15, 0.2) is 5.82 Å². The van der Waals surface area contributed by atoms with Crippen LogP contribution < -0.4 is 10.6 Å². The van der Waals surface area contributed by atoms with E-state index in [1.807, 2.05) is 42.5 Å². The standard InChI is InChI=1S/C23H21N5O4/c29-14-19(23(32)25-21-13-18(26-27-21)15-6-2-1-3-7-15)24-22(31)17-12-16(8-9-20(17)30)28-10-4-5-11-28/h1-13,19,29-30H,14H2,(H,24,31)(H2,25,26,27,32). The summed E-state index contributed by atoms with van der Waals surface area (Å²) < 4.78 is 1.77. The topological polar surface area (TPSA) is 132 Å². The number of nitrogens with one attached hydrogen (secondary N) is 3. The van der Waals surface area contributed by atoms with Crippen molar-refractivity contribution in [3.05, 3.63) is 84.7 Å². The number of aromatic amines is 1. The Labute approximate surface area is 183 Å². The van der Waals surface area contributed by atoms with Crippen LogP contribution in [0.25, 0.3) is 16.9 Å². The van der Waals surface area contributed by atoms with E-state index in [9.17, 15) is 19.8 Å². The zero-order valence-corrected chi connectivity index (χ0v) is 16.9. The summed E-state index contributed by atoms with van der Waals surface area (Å²) in [5.41, 5.74) is 2.24. The van der Waals surface area contributed by atoms with Crippen LogP contribution in [0.4, 0.5) is 5.82 Å². The first-order valence-corrected chi connectivity index (χ1v) is 9.85. The van der Waals surface area contributed by atoms with Gasteiger partial charge in [-0.3, -0.25) is 14.7 Å². The van der Waals surface area contributed by atoms with Crippen LogP contribution in [0.3, 0.4) is 0 Å². The summed E-state index contributed by atoms with van der Waals surface area (Å²) in [6, 6.07) is 18.1. The first kappa shape index (κ1) is 20.9. The second kappa shape index (κ2) is 9.19. The van der Waals surface area contributed by atoms with Crippen LogP contribution >= 0.6 is 0 Å². The van der Waals surface area contributed by atoms with Gasteiger partial charge in [0, 0.05) is 24.1 Å². The number of phenols is 1. The Kier molecular flexibility index (Phi) is 6.00. The smallest absolute Gasteiger partial charge is 0.255 e. The van der Waals surface area contributed by atoms with E-state index in [2.05, 4.69) is 20.8 Å². The molecule has 162 valence electrons. The largest absolute Gasteiger partial charge is 0.507 e. The predicted octanol–water partition coefficient (Wildman–Crippen LogP) is 2.30. The zero-order chi connectivity index (χ0) is 22.5. The SMILES string of the molecule is O=C(NC(CO)C(=O)Nc1cc(-c2ccccc2)[nH]n1)c1cc(-n2cccc2)ccc1O. The predicted molar refractivity (Wildman–Crippen MR) is 118 cm³/mol. The van der Waals surface area contributed by atoms with E-state index in [0.717, 1.165) is 5.56 Å². The van der Waals surface area contributed by atoms with Gasteiger partial charge in [0.25, 0.3) is 11.8 Å². The first-order chi connectivity index (χ1) is 15.5. The highest BCUT2D eigenvalue weighted by Crippen LogP contribution is 2.22. The molecule has 0 aliphatic carbocycles. The van der Waals surface area contributed by atoms with Gasteiger partial charge in [-0.2, -0.15) is 5.10 Å². The number of anilines is 1. The number of aliphatic hydroxyl groups is 1. The molecular weight excluding hydrogens is 410 g/mol. The minimum atomic E-state index is -1.24. The highest BCUT2D eigenvalue weighted by Gasteiger charge is 2.23. The van der Waals surface area contributed by atoms with Gasteiger partial charge in [0.2, 0.25) is 0 Å². The minimum absolute atomic E-state index is 0.0198. The third-order valence-corrected chi connectivity index (χ3v) is 4.85. The molecule has 32 heavy (non-hydrogen) atoms. The Morgan fingerprint density at radius 3 is 2.50 bits per heavy atom. The molecule has 4 rings (SSSR count). The number of benzene rings is 2. The zero-order valence-electron chi connectivity index (χ0n) is 16.9. The summed E-state index contributed by atoms with van der Waals surface area (Å²) in [4.78, 5) is 25.3. The fraction of sp³-hybridized carbons (Fsp3) is 0.0870. The van der Waals surface area contributed by atoms with Crippen molar-refractivity contribution < 1.29 is 19.8 Å². The lowest BCUT2D eigenvalue weighted by Crippen LogP contribution is -2.46. The van der Waals surface area contributed by atoms with Gasteiger partial charge in [-0.25, -0.2) is 0 Å². The van der Waals surface area contributed by atoms with Crippen LogP contribution in [0.2, 0.25) is 0 Å². The van der Waals surface area contributed by atoms with Crippen LogP contribution in [-0.4, -0.2) is 49.4 Å². The lowest BCUT2D eigenvalue weighted by molar-refractivity contribution is -0.118. The normalized spacial score (nSPS) is 11.7. The number of aromatic hydroxyl groups is 1. The fourth-order valence-corrected chi connectivity index (χ4v) is 3.17. The molecule has 9 heteroatoms. The number of hydrogen-bond donors (Lipinski definition) is 5. The van der Waals surface area contributed by atoms with Crippen molar-refractivity contribution in [2.24, 2.45) is 0 Å². The highest BCUT2D eigenvalue weighted by atomic mass is 16.3. The van der Waals surface area contributed by atoms with Crippen molar-refractivity contribution in [1.29, 1.82) is 0 Å². The molecule has 0 fully saturated rings. The number of amides is 2. The molecule has 9 nitrogen and oxygen atoms in total. The lowest BCUT2D eigenvalue weighted by Gasteiger charge is -2.16. The molecule has 0 saturated heterocycles. The Morgan fingerprint density at radius 2 is 1.78 bits per heavy atom. The van der Waals surface area contributed by atoms with Crippen molar-refractivity contribution >= 4 is 17.6 Å². The third kappa shape index (κ3) is 4.52. The molecule has 0 radical (unpaired) electrons. The summed E-state index contributed by atoms with van der Waals surface area (Å²) in [6.45, 7) is -0.633. The Balaban J connectivity index is 1.45. The van der Waals surface area contributed by atoms with E-state index in [1.165, 1.54) is 12.1 Å². The number of phenolic OH excluding ortho intramolecular Hbond substituents is 1. The summed E-state index contributed by atoms with van der Waals surface area (Å²) in [7, 11) is 0. The summed E-state index contributed by atoms with van der Waals surface area (Å²) in [6.07, 6.45) is 3.59. The average Bonchev–Trinajstić information content (AvgIpc) is 3.51. The molecule has 0 bridgehead atoms. The fourth-order valence-electron chi connectivity index (χ4n) is 3.17. The number of aromatic nitrogens is 3. The molecular formula is C23H21N5O4. The number of nitrogens with zero attached hydrogens (tertiary/aromatic N) is 2. The highest BCUT2D eigenvalue weighted by molar-refractivity contribution is 6.02. The maximum absolute atomic E-state index is 12.7. The van der Waals surface area contributed by atoms with Crippen molar-refractivity contribution in [2.45, 2.75) is 6.04 Å². The Hall–Kier alpha value is -4.37. The molecule has 0 aliphatic rings. The summed E-state index contributed by atoms with van der Waals surface area (Å²) in [5, 5.41) is 31.7. The van der Waals surface area contributed by atoms with Crippen LogP contribution in [0.1, 0.15) is 10.4 Å². The Morgan fingerprint density at radius 1 is 1.03 bits per heavy atom. The van der Waals surface area contributed by atoms with E-state index in [0.29, 0.717) is 11.4 Å². The maximum atomic E-state index is 12.7. The number of hydrogen-bond acceptors (Lipinski definition) is 5. The number of aliphatic hydroxyl groups excluding tert-OH is 1. The van der Waals surface area contributed by atoms with Crippen LogP contribution in [0, 0.1) is 0 Å². The van der Waals surface area contributed by atoms with E-state index < -0.39 is 24.5 Å². The third-order valence-electron chi connectivity index (χ3n) is 4.85. The molecule has 0 aliphatic heterocycles. The van der Waals surface area contributed by atoms with Crippen LogP contribution in [-0.2, 0) is 4.79 Å². The molecule has 1 unspecified atom stereocenters. The molecule has 2 aromatic carbocycles. The summed E-state index contributed by atoms with van der Waals surface area (Å²) in [5.74, 6) is -1.33. The van der Waals surface area contributed by atoms with Gasteiger partial charge in [0.05, 0.1) is 17.9 Å². The number of carbonyl (C=O) groups excluding carboxylic acids is 2. The van der Waals surface area contributed by atoms with Crippen LogP contribution in [0.15, 0.2) is 79.1 Å². The maximum Gasteiger partial charge on any atom is 0.255 e. The van der Waals surface area contributed by atoms with Crippen molar-refractivity contribution in [3.8, 4) is 22.7 Å². The molecule has 2 aromatic heterocycles. The van der Waals surface area contributed by atoms with Gasteiger partial charge >= 0.3 is 0 Å². The van der Waals surface area contributed by atoms with Gasteiger partial charge in [-0.05, 0) is 35.9 Å². The first-order valence-electron chi connectivity index (χ1n) is 9.85. The van der Waals surface area contributed by atoms with Gasteiger partial charge in [-0.15, -0.1) is 0 Å². The number of rotatable bonds is 7.